The van der Waals surface area contributed by atoms with Crippen LogP contribution in [0.1, 0.15) is 11.7 Å². The van der Waals surface area contributed by atoms with Gasteiger partial charge in [0.05, 0.1) is 23.9 Å². The van der Waals surface area contributed by atoms with Crippen LogP contribution in [0.5, 0.6) is 0 Å². The zero-order valence-electron chi connectivity index (χ0n) is 9.65. The molecule has 2 heterocycles. The number of fused-ring (bicyclic) bond motifs is 1. The lowest BCUT2D eigenvalue weighted by Crippen LogP contribution is -2.36. The van der Waals surface area contributed by atoms with Crippen molar-refractivity contribution in [3.63, 3.8) is 0 Å². The molecular formula is C12H13ClN2O3. The average molecular weight is 269 g/mol. The maximum atomic E-state index is 11.4. The van der Waals surface area contributed by atoms with Crippen LogP contribution in [0.15, 0.2) is 12.1 Å². The molecule has 5 nitrogen and oxygen atoms in total. The number of aliphatic hydroxyl groups excluding tert-OH is 1. The number of aliphatic hydroxyl groups is 1. The zero-order valence-corrected chi connectivity index (χ0v) is 10.4. The minimum absolute atomic E-state index is 0.403. The van der Waals surface area contributed by atoms with E-state index < -0.39 is 12.0 Å². The van der Waals surface area contributed by atoms with Gasteiger partial charge in [-0.25, -0.2) is 0 Å². The molecule has 1 atom stereocenters. The van der Waals surface area contributed by atoms with Crippen LogP contribution in [-0.4, -0.2) is 37.3 Å². The van der Waals surface area contributed by atoms with Crippen molar-refractivity contribution in [3.8, 4) is 0 Å². The zero-order chi connectivity index (χ0) is 12.7. The second kappa shape index (κ2) is 4.42. The summed E-state index contributed by atoms with van der Waals surface area (Å²) in [4.78, 5) is 13.5. The van der Waals surface area contributed by atoms with Gasteiger partial charge in [0.25, 0.3) is 5.91 Å². The number of anilines is 2. The van der Waals surface area contributed by atoms with E-state index in [2.05, 4.69) is 10.2 Å². The summed E-state index contributed by atoms with van der Waals surface area (Å²) in [5.74, 6) is -0.403. The monoisotopic (exact) mass is 268 g/mol. The van der Waals surface area contributed by atoms with Crippen LogP contribution in [0.3, 0.4) is 0 Å². The molecule has 18 heavy (non-hydrogen) atoms. The summed E-state index contributed by atoms with van der Waals surface area (Å²) >= 11 is 6.22. The molecule has 0 saturated carbocycles. The van der Waals surface area contributed by atoms with Gasteiger partial charge in [0.1, 0.15) is 0 Å². The van der Waals surface area contributed by atoms with Gasteiger partial charge in [-0.05, 0) is 12.1 Å². The molecule has 3 rings (SSSR count). The first-order valence-electron chi connectivity index (χ1n) is 5.82. The lowest BCUT2D eigenvalue weighted by Gasteiger charge is -2.30. The van der Waals surface area contributed by atoms with Crippen molar-refractivity contribution in [2.24, 2.45) is 0 Å². The fourth-order valence-corrected chi connectivity index (χ4v) is 2.59. The molecular weight excluding hydrogens is 256 g/mol. The Morgan fingerprint density at radius 1 is 1.39 bits per heavy atom. The van der Waals surface area contributed by atoms with Crippen molar-refractivity contribution in [1.29, 1.82) is 0 Å². The Labute approximate surface area is 109 Å². The molecule has 1 fully saturated rings. The van der Waals surface area contributed by atoms with Crippen LogP contribution in [0.2, 0.25) is 5.02 Å². The van der Waals surface area contributed by atoms with E-state index in [1.807, 2.05) is 6.07 Å². The third kappa shape index (κ3) is 1.84. The van der Waals surface area contributed by atoms with Gasteiger partial charge < -0.3 is 20.1 Å². The first-order chi connectivity index (χ1) is 8.66. The highest BCUT2D eigenvalue weighted by atomic mass is 35.5. The molecule has 2 aliphatic heterocycles. The number of rotatable bonds is 1. The highest BCUT2D eigenvalue weighted by molar-refractivity contribution is 6.33. The van der Waals surface area contributed by atoms with Gasteiger partial charge in [0, 0.05) is 24.3 Å². The van der Waals surface area contributed by atoms with E-state index in [4.69, 9.17) is 16.3 Å². The summed E-state index contributed by atoms with van der Waals surface area (Å²) in [6.07, 6.45) is -1.11. The molecule has 2 aliphatic rings. The molecule has 0 spiro atoms. The number of nitrogens with one attached hydrogen (secondary N) is 1. The summed E-state index contributed by atoms with van der Waals surface area (Å²) < 4.78 is 5.29. The molecule has 2 N–H and O–H groups in total. The fourth-order valence-electron chi connectivity index (χ4n) is 2.30. The van der Waals surface area contributed by atoms with Gasteiger partial charge in [-0.3, -0.25) is 4.79 Å². The Bertz CT molecular complexity index is 500. The number of ether oxygens (including phenoxy) is 1. The van der Waals surface area contributed by atoms with E-state index in [1.54, 1.807) is 6.07 Å². The molecule has 0 aromatic heterocycles. The van der Waals surface area contributed by atoms with E-state index in [0.717, 1.165) is 18.8 Å². The summed E-state index contributed by atoms with van der Waals surface area (Å²) in [5, 5.41) is 12.9. The number of amides is 1. The van der Waals surface area contributed by atoms with Crippen LogP contribution in [0.4, 0.5) is 11.4 Å². The summed E-state index contributed by atoms with van der Waals surface area (Å²) in [6.45, 7) is 2.88. The van der Waals surface area contributed by atoms with Crippen LogP contribution in [0, 0.1) is 0 Å². The second-order valence-corrected chi connectivity index (χ2v) is 4.79. The summed E-state index contributed by atoms with van der Waals surface area (Å²) in [6, 6.07) is 3.47. The van der Waals surface area contributed by atoms with Crippen molar-refractivity contribution in [2.75, 3.05) is 36.5 Å². The van der Waals surface area contributed by atoms with Gasteiger partial charge >= 0.3 is 0 Å². The molecule has 1 unspecified atom stereocenters. The number of hydrogen-bond acceptors (Lipinski definition) is 4. The molecule has 6 heteroatoms. The lowest BCUT2D eigenvalue weighted by molar-refractivity contribution is -0.123. The molecule has 1 saturated heterocycles. The predicted octanol–water partition coefficient (Wildman–Crippen LogP) is 1.16. The van der Waals surface area contributed by atoms with Crippen molar-refractivity contribution in [1.82, 2.24) is 0 Å². The van der Waals surface area contributed by atoms with E-state index in [0.29, 0.717) is 29.5 Å². The Morgan fingerprint density at radius 3 is 2.83 bits per heavy atom. The van der Waals surface area contributed by atoms with Gasteiger partial charge in [-0.1, -0.05) is 11.6 Å². The van der Waals surface area contributed by atoms with Crippen molar-refractivity contribution in [3.05, 3.63) is 22.7 Å². The predicted molar refractivity (Wildman–Crippen MR) is 68.1 cm³/mol. The van der Waals surface area contributed by atoms with Gasteiger partial charge in [-0.15, -0.1) is 0 Å². The molecule has 0 bridgehead atoms. The normalized spacial score (nSPS) is 22.9. The minimum Gasteiger partial charge on any atom is -0.378 e. The molecule has 1 aromatic rings. The number of benzene rings is 1. The minimum atomic E-state index is -1.11. The third-order valence-corrected chi connectivity index (χ3v) is 3.57. The Morgan fingerprint density at radius 2 is 2.11 bits per heavy atom. The first kappa shape index (κ1) is 11.8. The third-order valence-electron chi connectivity index (χ3n) is 3.27. The maximum Gasteiger partial charge on any atom is 0.257 e. The SMILES string of the molecule is O=C1Nc2cc(N3CCOCC3)c(Cl)cc2C1O. The van der Waals surface area contributed by atoms with Crippen molar-refractivity contribution in [2.45, 2.75) is 6.10 Å². The summed E-state index contributed by atoms with van der Waals surface area (Å²) in [7, 11) is 0. The van der Waals surface area contributed by atoms with Gasteiger partial charge in [-0.2, -0.15) is 0 Å². The number of hydrogen-bond donors (Lipinski definition) is 2. The Kier molecular flexibility index (Phi) is 2.89. The van der Waals surface area contributed by atoms with E-state index in [9.17, 15) is 9.90 Å². The Hall–Kier alpha value is -1.30. The molecule has 0 radical (unpaired) electrons. The first-order valence-corrected chi connectivity index (χ1v) is 6.19. The van der Waals surface area contributed by atoms with Crippen LogP contribution in [-0.2, 0) is 9.53 Å². The second-order valence-electron chi connectivity index (χ2n) is 4.38. The van der Waals surface area contributed by atoms with Gasteiger partial charge in [0.2, 0.25) is 0 Å². The number of carbonyl (C=O) groups excluding carboxylic acids is 1. The molecule has 1 aromatic carbocycles. The lowest BCUT2D eigenvalue weighted by atomic mass is 10.1. The van der Waals surface area contributed by atoms with Crippen LogP contribution in [0.25, 0.3) is 0 Å². The molecule has 1 amide bonds. The smallest absolute Gasteiger partial charge is 0.257 e. The fraction of sp³-hybridized carbons (Fsp3) is 0.417. The standard InChI is InChI=1S/C12H13ClN2O3/c13-8-5-7-9(14-12(17)11(7)16)6-10(8)15-1-3-18-4-2-15/h5-6,11,16H,1-4H2,(H,14,17). The number of halogens is 1. The molecule has 96 valence electrons. The van der Waals surface area contributed by atoms with E-state index in [-0.39, 0.29) is 0 Å². The van der Waals surface area contributed by atoms with Crippen molar-refractivity contribution >= 4 is 28.9 Å². The molecule has 0 aliphatic carbocycles. The Balaban J connectivity index is 1.97. The van der Waals surface area contributed by atoms with E-state index >= 15 is 0 Å². The maximum absolute atomic E-state index is 11.4. The highest BCUT2D eigenvalue weighted by Crippen LogP contribution is 2.38. The van der Waals surface area contributed by atoms with E-state index in [1.165, 1.54) is 0 Å². The largest absolute Gasteiger partial charge is 0.378 e. The van der Waals surface area contributed by atoms with Crippen molar-refractivity contribution < 1.29 is 14.6 Å². The summed E-state index contributed by atoms with van der Waals surface area (Å²) in [5.41, 5.74) is 2.05. The number of morpholine rings is 1. The van der Waals surface area contributed by atoms with Crippen LogP contribution < -0.4 is 10.2 Å². The average Bonchev–Trinajstić information content (AvgIpc) is 2.66. The number of carbonyl (C=O) groups is 1. The number of nitrogens with zero attached hydrogens (tertiary/aromatic N) is 1. The van der Waals surface area contributed by atoms with Crippen LogP contribution >= 0.6 is 11.6 Å². The quantitative estimate of drug-likeness (QED) is 0.802. The topological polar surface area (TPSA) is 61.8 Å². The highest BCUT2D eigenvalue weighted by Gasteiger charge is 2.30. The van der Waals surface area contributed by atoms with Gasteiger partial charge in [0.15, 0.2) is 6.10 Å².